The van der Waals surface area contributed by atoms with Crippen molar-refractivity contribution in [1.82, 2.24) is 20.3 Å². The maximum atomic E-state index is 12.2. The van der Waals surface area contributed by atoms with Gasteiger partial charge in [0.05, 0.1) is 16.6 Å². The molecule has 0 spiro atoms. The second-order valence-corrected chi connectivity index (χ2v) is 5.79. The van der Waals surface area contributed by atoms with Gasteiger partial charge in [-0.25, -0.2) is 0 Å². The van der Waals surface area contributed by atoms with Crippen LogP contribution in [0.4, 0.5) is 0 Å². The van der Waals surface area contributed by atoms with E-state index in [1.54, 1.807) is 6.07 Å². The van der Waals surface area contributed by atoms with Crippen LogP contribution in [0.1, 0.15) is 36.1 Å². The molecule has 3 aromatic heterocycles. The lowest BCUT2D eigenvalue weighted by molar-refractivity contribution is 0.0930. The maximum absolute atomic E-state index is 12.2. The van der Waals surface area contributed by atoms with Gasteiger partial charge >= 0.3 is 0 Å². The van der Waals surface area contributed by atoms with Gasteiger partial charge in [-0.15, -0.1) is 11.3 Å². The molecule has 0 saturated heterocycles. The predicted molar refractivity (Wildman–Crippen MR) is 83.6 cm³/mol. The van der Waals surface area contributed by atoms with Gasteiger partial charge in [0.25, 0.3) is 5.91 Å². The van der Waals surface area contributed by atoms with Crippen LogP contribution in [0, 0.1) is 0 Å². The summed E-state index contributed by atoms with van der Waals surface area (Å²) in [6.07, 6.45) is 1.89. The van der Waals surface area contributed by atoms with Crippen molar-refractivity contribution in [3.05, 3.63) is 47.2 Å². The Kier molecular flexibility index (Phi) is 4.06. The van der Waals surface area contributed by atoms with Gasteiger partial charge in [0.15, 0.2) is 11.5 Å². The van der Waals surface area contributed by atoms with E-state index in [0.29, 0.717) is 5.76 Å². The molecule has 1 atom stereocenters. The number of amides is 1. The minimum absolute atomic E-state index is 0.192. The number of hydrogen-bond acceptors (Lipinski definition) is 5. The van der Waals surface area contributed by atoms with Gasteiger partial charge in [-0.1, -0.05) is 11.2 Å². The van der Waals surface area contributed by atoms with E-state index in [0.717, 1.165) is 17.1 Å². The van der Waals surface area contributed by atoms with Crippen molar-refractivity contribution in [1.29, 1.82) is 0 Å². The molecule has 0 aliphatic rings. The van der Waals surface area contributed by atoms with Crippen LogP contribution in [0.5, 0.6) is 0 Å². The molecular formula is C15H16N4O2S. The van der Waals surface area contributed by atoms with Crippen molar-refractivity contribution < 1.29 is 9.32 Å². The van der Waals surface area contributed by atoms with Crippen molar-refractivity contribution in [3.8, 4) is 10.6 Å². The molecule has 3 aromatic rings. The molecule has 1 N–H and O–H groups in total. The summed E-state index contributed by atoms with van der Waals surface area (Å²) in [7, 11) is 0. The third-order valence-electron chi connectivity index (χ3n) is 3.28. The largest absolute Gasteiger partial charge is 0.355 e. The number of rotatable bonds is 5. The summed E-state index contributed by atoms with van der Waals surface area (Å²) in [6, 6.07) is 7.20. The zero-order valence-electron chi connectivity index (χ0n) is 12.3. The molecule has 0 radical (unpaired) electrons. The molecule has 0 saturated carbocycles. The lowest BCUT2D eigenvalue weighted by atomic mass is 10.2. The average Bonchev–Trinajstić information content (AvgIpc) is 3.25. The zero-order chi connectivity index (χ0) is 15.5. The van der Waals surface area contributed by atoms with E-state index >= 15 is 0 Å². The Balaban J connectivity index is 1.69. The molecule has 0 aromatic carbocycles. The van der Waals surface area contributed by atoms with Gasteiger partial charge in [-0.2, -0.15) is 5.10 Å². The molecule has 1 amide bonds. The van der Waals surface area contributed by atoms with Crippen molar-refractivity contribution in [2.24, 2.45) is 0 Å². The van der Waals surface area contributed by atoms with Crippen molar-refractivity contribution in [3.63, 3.8) is 0 Å². The number of carbonyl (C=O) groups excluding carboxylic acids is 1. The summed E-state index contributed by atoms with van der Waals surface area (Å²) in [5.74, 6) is 0.327. The van der Waals surface area contributed by atoms with Gasteiger partial charge in [0, 0.05) is 18.8 Å². The van der Waals surface area contributed by atoms with E-state index in [1.165, 1.54) is 11.3 Å². The molecule has 0 fully saturated rings. The lowest BCUT2D eigenvalue weighted by Gasteiger charge is -2.09. The molecule has 7 heteroatoms. The Morgan fingerprint density at radius 2 is 2.36 bits per heavy atom. The summed E-state index contributed by atoms with van der Waals surface area (Å²) in [4.78, 5) is 13.2. The molecule has 3 rings (SSSR count). The fourth-order valence-electron chi connectivity index (χ4n) is 2.05. The number of nitrogens with one attached hydrogen (secondary N) is 1. The second-order valence-electron chi connectivity index (χ2n) is 4.85. The Hall–Kier alpha value is -2.41. The predicted octanol–water partition coefficient (Wildman–Crippen LogP) is 3.11. The van der Waals surface area contributed by atoms with Crippen LogP contribution in [-0.2, 0) is 6.54 Å². The second kappa shape index (κ2) is 6.15. The average molecular weight is 316 g/mol. The molecule has 3 heterocycles. The number of nitrogens with zero attached hydrogens (tertiary/aromatic N) is 3. The van der Waals surface area contributed by atoms with Gasteiger partial charge in [-0.05, 0) is 31.4 Å². The summed E-state index contributed by atoms with van der Waals surface area (Å²) in [5.41, 5.74) is 1.09. The summed E-state index contributed by atoms with van der Waals surface area (Å²) in [6.45, 7) is 4.70. The number of carbonyl (C=O) groups is 1. The first-order valence-electron chi connectivity index (χ1n) is 7.02. The van der Waals surface area contributed by atoms with E-state index < -0.39 is 0 Å². The molecule has 6 nitrogen and oxygen atoms in total. The fraction of sp³-hybridized carbons (Fsp3) is 0.267. The molecule has 0 aliphatic carbocycles. The highest BCUT2D eigenvalue weighted by Crippen LogP contribution is 2.25. The van der Waals surface area contributed by atoms with Gasteiger partial charge in [0.2, 0.25) is 0 Å². The minimum atomic E-state index is -0.273. The van der Waals surface area contributed by atoms with Crippen LogP contribution in [-0.4, -0.2) is 20.8 Å². The number of aryl methyl sites for hydroxylation is 1. The first-order chi connectivity index (χ1) is 10.7. The van der Waals surface area contributed by atoms with Crippen LogP contribution in [0.2, 0.25) is 0 Å². The fourth-order valence-corrected chi connectivity index (χ4v) is 2.72. The van der Waals surface area contributed by atoms with E-state index in [9.17, 15) is 4.79 Å². The minimum Gasteiger partial charge on any atom is -0.355 e. The SMILES string of the molecule is CCn1ccc([C@@H](C)NC(=O)c2cc(-c3cccs3)on2)n1. The Morgan fingerprint density at radius 3 is 3.05 bits per heavy atom. The summed E-state index contributed by atoms with van der Waals surface area (Å²) >= 11 is 1.54. The highest BCUT2D eigenvalue weighted by atomic mass is 32.1. The van der Waals surface area contributed by atoms with E-state index in [-0.39, 0.29) is 17.6 Å². The first kappa shape index (κ1) is 14.5. The lowest BCUT2D eigenvalue weighted by Crippen LogP contribution is -2.27. The van der Waals surface area contributed by atoms with Crippen molar-refractivity contribution in [2.45, 2.75) is 26.4 Å². The molecular weight excluding hydrogens is 300 g/mol. The molecule has 114 valence electrons. The zero-order valence-corrected chi connectivity index (χ0v) is 13.1. The molecule has 0 aliphatic heterocycles. The molecule has 0 unspecified atom stereocenters. The van der Waals surface area contributed by atoms with Gasteiger partial charge in [0.1, 0.15) is 0 Å². The highest BCUT2D eigenvalue weighted by Gasteiger charge is 2.18. The third kappa shape index (κ3) is 2.94. The quantitative estimate of drug-likeness (QED) is 0.785. The van der Waals surface area contributed by atoms with Crippen LogP contribution in [0.15, 0.2) is 40.4 Å². The Bertz CT molecular complexity index is 760. The van der Waals surface area contributed by atoms with Crippen molar-refractivity contribution >= 4 is 17.2 Å². The smallest absolute Gasteiger partial charge is 0.274 e. The van der Waals surface area contributed by atoms with E-state index in [2.05, 4.69) is 15.6 Å². The first-order valence-corrected chi connectivity index (χ1v) is 7.90. The molecule has 0 bridgehead atoms. The van der Waals surface area contributed by atoms with E-state index in [4.69, 9.17) is 4.52 Å². The van der Waals surface area contributed by atoms with Gasteiger partial charge in [-0.3, -0.25) is 9.48 Å². The van der Waals surface area contributed by atoms with Gasteiger partial charge < -0.3 is 9.84 Å². The normalized spacial score (nSPS) is 12.3. The van der Waals surface area contributed by atoms with Crippen LogP contribution < -0.4 is 5.32 Å². The monoisotopic (exact) mass is 316 g/mol. The summed E-state index contributed by atoms with van der Waals surface area (Å²) in [5, 5.41) is 13.0. The maximum Gasteiger partial charge on any atom is 0.274 e. The van der Waals surface area contributed by atoms with E-state index in [1.807, 2.05) is 48.3 Å². The topological polar surface area (TPSA) is 73.0 Å². The number of aromatic nitrogens is 3. The third-order valence-corrected chi connectivity index (χ3v) is 4.17. The Morgan fingerprint density at radius 1 is 1.50 bits per heavy atom. The summed E-state index contributed by atoms with van der Waals surface area (Å²) < 4.78 is 7.04. The van der Waals surface area contributed by atoms with Crippen LogP contribution in [0.25, 0.3) is 10.6 Å². The molecule has 22 heavy (non-hydrogen) atoms. The Labute approximate surface area is 131 Å². The van der Waals surface area contributed by atoms with Crippen LogP contribution in [0.3, 0.4) is 0 Å². The van der Waals surface area contributed by atoms with Crippen LogP contribution >= 0.6 is 11.3 Å². The number of thiophene rings is 1. The number of hydrogen-bond donors (Lipinski definition) is 1. The van der Waals surface area contributed by atoms with Crippen molar-refractivity contribution in [2.75, 3.05) is 0 Å². The highest BCUT2D eigenvalue weighted by molar-refractivity contribution is 7.13. The standard InChI is InChI=1S/C15H16N4O2S/c1-3-19-7-6-11(17-19)10(2)16-15(20)12-9-13(21-18-12)14-5-4-8-22-14/h4-10H,3H2,1-2H3,(H,16,20)/t10-/m1/s1.